The van der Waals surface area contributed by atoms with Gasteiger partial charge in [-0.25, -0.2) is 0 Å². The lowest BCUT2D eigenvalue weighted by Gasteiger charge is -2.57. The van der Waals surface area contributed by atoms with Gasteiger partial charge in [0.25, 0.3) is 0 Å². The summed E-state index contributed by atoms with van der Waals surface area (Å²) in [5.41, 5.74) is 0.445. The Bertz CT molecular complexity index is 461. The van der Waals surface area contributed by atoms with E-state index in [1.165, 1.54) is 38.5 Å². The Balaban J connectivity index is 1.34. The molecule has 4 heteroatoms. The second kappa shape index (κ2) is 7.67. The molecule has 4 fully saturated rings. The van der Waals surface area contributed by atoms with Crippen LogP contribution in [0.2, 0.25) is 0 Å². The average molecular weight is 350 g/mol. The topological polar surface area (TPSA) is 52.6 Å². The van der Waals surface area contributed by atoms with Crippen molar-refractivity contribution in [2.75, 3.05) is 6.61 Å². The van der Waals surface area contributed by atoms with E-state index in [4.69, 9.17) is 9.47 Å². The van der Waals surface area contributed by atoms with E-state index in [2.05, 4.69) is 0 Å². The quantitative estimate of drug-likeness (QED) is 0.605. The molecule has 0 aromatic carbocycles. The number of ether oxygens (including phenoxy) is 2. The molecule has 1 unspecified atom stereocenters. The van der Waals surface area contributed by atoms with Gasteiger partial charge in [0.2, 0.25) is 0 Å². The third-order valence-corrected chi connectivity index (χ3v) is 6.85. The summed E-state index contributed by atoms with van der Waals surface area (Å²) in [6.45, 7) is 6.42. The van der Waals surface area contributed by atoms with Gasteiger partial charge in [0.1, 0.15) is 6.10 Å². The van der Waals surface area contributed by atoms with Crippen molar-refractivity contribution in [3.05, 3.63) is 0 Å². The van der Waals surface area contributed by atoms with Crippen LogP contribution in [-0.4, -0.2) is 24.6 Å². The van der Waals surface area contributed by atoms with Crippen LogP contribution in [0.1, 0.15) is 78.6 Å². The van der Waals surface area contributed by atoms with Crippen molar-refractivity contribution in [2.45, 2.75) is 84.7 Å². The van der Waals surface area contributed by atoms with Crippen LogP contribution >= 0.6 is 0 Å². The van der Waals surface area contributed by atoms with Crippen molar-refractivity contribution in [3.63, 3.8) is 0 Å². The SMILES string of the molecule is CC(C)C(C)OC(=O)CCC(=O)OCCC12CC3CC(CC(C3)C1)C2. The molecule has 0 radical (unpaired) electrons. The standard InChI is InChI=1S/C21H34O4/c1-14(2)15(3)25-20(23)5-4-19(22)24-7-6-21-11-16-8-17(12-21)10-18(9-16)13-21/h14-18H,4-13H2,1-3H3. The minimum atomic E-state index is -0.306. The van der Waals surface area contributed by atoms with E-state index in [0.29, 0.717) is 12.0 Å². The predicted octanol–water partition coefficient (Wildman–Crippen LogP) is 4.50. The molecule has 4 saturated carbocycles. The third-order valence-electron chi connectivity index (χ3n) is 6.85. The molecule has 4 aliphatic carbocycles. The zero-order chi connectivity index (χ0) is 18.0. The predicted molar refractivity (Wildman–Crippen MR) is 95.8 cm³/mol. The number of hydrogen-bond donors (Lipinski definition) is 0. The Kier molecular flexibility index (Phi) is 5.75. The Morgan fingerprint density at radius 1 is 0.920 bits per heavy atom. The van der Waals surface area contributed by atoms with E-state index in [9.17, 15) is 9.59 Å². The summed E-state index contributed by atoms with van der Waals surface area (Å²) in [6, 6.07) is 0. The number of rotatable bonds is 8. The minimum absolute atomic E-state index is 0.111. The van der Waals surface area contributed by atoms with Gasteiger partial charge in [-0.3, -0.25) is 9.59 Å². The van der Waals surface area contributed by atoms with Gasteiger partial charge in [-0.2, -0.15) is 0 Å². The fourth-order valence-electron chi connectivity index (χ4n) is 5.66. The third kappa shape index (κ3) is 4.77. The van der Waals surface area contributed by atoms with Crippen molar-refractivity contribution in [1.29, 1.82) is 0 Å². The summed E-state index contributed by atoms with van der Waals surface area (Å²) in [5.74, 6) is 2.51. The number of carbonyl (C=O) groups is 2. The van der Waals surface area contributed by atoms with Crippen LogP contribution in [0.3, 0.4) is 0 Å². The van der Waals surface area contributed by atoms with Crippen LogP contribution in [-0.2, 0) is 19.1 Å². The Morgan fingerprint density at radius 3 is 1.96 bits per heavy atom. The molecule has 4 aliphatic rings. The van der Waals surface area contributed by atoms with Crippen LogP contribution in [0.15, 0.2) is 0 Å². The van der Waals surface area contributed by atoms with Gasteiger partial charge >= 0.3 is 11.9 Å². The molecule has 0 aromatic rings. The van der Waals surface area contributed by atoms with Gasteiger partial charge < -0.3 is 9.47 Å². The molecule has 0 aromatic heterocycles. The Morgan fingerprint density at radius 2 is 1.44 bits per heavy atom. The van der Waals surface area contributed by atoms with Gasteiger partial charge in [-0.05, 0) is 81.0 Å². The van der Waals surface area contributed by atoms with Crippen molar-refractivity contribution in [3.8, 4) is 0 Å². The van der Waals surface area contributed by atoms with Crippen molar-refractivity contribution in [1.82, 2.24) is 0 Å². The van der Waals surface area contributed by atoms with Gasteiger partial charge in [0, 0.05) is 0 Å². The lowest BCUT2D eigenvalue weighted by Crippen LogP contribution is -2.46. The molecule has 0 saturated heterocycles. The molecule has 4 rings (SSSR count). The van der Waals surface area contributed by atoms with Gasteiger partial charge in [-0.1, -0.05) is 13.8 Å². The minimum Gasteiger partial charge on any atom is -0.466 e. The first kappa shape index (κ1) is 18.7. The smallest absolute Gasteiger partial charge is 0.306 e. The molecule has 4 nitrogen and oxygen atoms in total. The molecule has 0 heterocycles. The van der Waals surface area contributed by atoms with Gasteiger partial charge in [0.05, 0.1) is 19.4 Å². The lowest BCUT2D eigenvalue weighted by atomic mass is 9.49. The molecule has 1 atom stereocenters. The molecule has 25 heavy (non-hydrogen) atoms. The molecule has 0 amide bonds. The molecule has 142 valence electrons. The summed E-state index contributed by atoms with van der Waals surface area (Å²) >= 11 is 0. The molecular formula is C21H34O4. The Hall–Kier alpha value is -1.06. The average Bonchev–Trinajstić information content (AvgIpc) is 2.51. The highest BCUT2D eigenvalue weighted by Gasteiger charge is 2.50. The van der Waals surface area contributed by atoms with Crippen LogP contribution in [0.25, 0.3) is 0 Å². The van der Waals surface area contributed by atoms with E-state index in [1.807, 2.05) is 20.8 Å². The second-order valence-corrected chi connectivity index (χ2v) is 9.33. The summed E-state index contributed by atoms with van der Waals surface area (Å²) < 4.78 is 10.7. The monoisotopic (exact) mass is 350 g/mol. The van der Waals surface area contributed by atoms with E-state index in [1.54, 1.807) is 0 Å². The van der Waals surface area contributed by atoms with Crippen LogP contribution < -0.4 is 0 Å². The molecule has 0 N–H and O–H groups in total. The summed E-state index contributed by atoms with van der Waals surface area (Å²) in [7, 11) is 0. The second-order valence-electron chi connectivity index (χ2n) is 9.33. The van der Waals surface area contributed by atoms with Crippen LogP contribution in [0, 0.1) is 29.1 Å². The molecule has 0 spiro atoms. The summed E-state index contributed by atoms with van der Waals surface area (Å²) in [4.78, 5) is 23.7. The normalized spacial score (nSPS) is 34.2. The van der Waals surface area contributed by atoms with E-state index < -0.39 is 0 Å². The van der Waals surface area contributed by atoms with Gasteiger partial charge in [0.15, 0.2) is 0 Å². The highest BCUT2D eigenvalue weighted by atomic mass is 16.5. The van der Waals surface area contributed by atoms with Crippen molar-refractivity contribution in [2.24, 2.45) is 29.1 Å². The Labute approximate surface area is 152 Å². The largest absolute Gasteiger partial charge is 0.466 e. The first-order valence-electron chi connectivity index (χ1n) is 10.2. The zero-order valence-electron chi connectivity index (χ0n) is 16.1. The number of hydrogen-bond acceptors (Lipinski definition) is 4. The molecular weight excluding hydrogens is 316 g/mol. The summed E-state index contributed by atoms with van der Waals surface area (Å²) in [6.07, 6.45) is 9.50. The summed E-state index contributed by atoms with van der Waals surface area (Å²) in [5, 5.41) is 0. The maximum atomic E-state index is 11.9. The van der Waals surface area contributed by atoms with Crippen molar-refractivity contribution < 1.29 is 19.1 Å². The first-order valence-corrected chi connectivity index (χ1v) is 10.2. The first-order chi connectivity index (χ1) is 11.8. The maximum absolute atomic E-state index is 11.9. The van der Waals surface area contributed by atoms with Crippen LogP contribution in [0.5, 0.6) is 0 Å². The molecule has 4 bridgehead atoms. The fraction of sp³-hybridized carbons (Fsp3) is 0.905. The zero-order valence-corrected chi connectivity index (χ0v) is 16.1. The highest BCUT2D eigenvalue weighted by Crippen LogP contribution is 2.61. The van der Waals surface area contributed by atoms with E-state index in [-0.39, 0.29) is 36.8 Å². The lowest BCUT2D eigenvalue weighted by molar-refractivity contribution is -0.155. The number of carbonyl (C=O) groups excluding carboxylic acids is 2. The highest BCUT2D eigenvalue weighted by molar-refractivity contribution is 5.77. The van der Waals surface area contributed by atoms with E-state index in [0.717, 1.165) is 24.2 Å². The van der Waals surface area contributed by atoms with E-state index >= 15 is 0 Å². The van der Waals surface area contributed by atoms with Gasteiger partial charge in [-0.15, -0.1) is 0 Å². The molecule has 0 aliphatic heterocycles. The van der Waals surface area contributed by atoms with Crippen LogP contribution in [0.4, 0.5) is 0 Å². The van der Waals surface area contributed by atoms with Crippen molar-refractivity contribution >= 4 is 11.9 Å². The fourth-order valence-corrected chi connectivity index (χ4v) is 5.66. The number of esters is 2. The maximum Gasteiger partial charge on any atom is 0.306 e.